The number of anilines is 1. The van der Waals surface area contributed by atoms with Crippen LogP contribution in [0, 0.1) is 12.7 Å². The van der Waals surface area contributed by atoms with Crippen LogP contribution in [0.25, 0.3) is 10.9 Å². The maximum Gasteiger partial charge on any atom is 0.341 e. The van der Waals surface area contributed by atoms with Crippen molar-refractivity contribution in [2.24, 2.45) is 7.05 Å². The molecule has 1 saturated heterocycles. The molecule has 2 N–H and O–H groups in total. The van der Waals surface area contributed by atoms with Gasteiger partial charge in [-0.05, 0) is 18.6 Å². The molecule has 1 aromatic heterocycles. The van der Waals surface area contributed by atoms with E-state index in [9.17, 15) is 14.0 Å². The van der Waals surface area contributed by atoms with Crippen molar-refractivity contribution >= 4 is 22.6 Å². The number of aryl methyl sites for hydroxylation is 2. The van der Waals surface area contributed by atoms with Gasteiger partial charge in [-0.2, -0.15) is 0 Å². The Morgan fingerprint density at radius 1 is 1.35 bits per heavy atom. The number of fused-ring (bicyclic) bond motifs is 1. The van der Waals surface area contributed by atoms with Gasteiger partial charge in [0, 0.05) is 44.8 Å². The van der Waals surface area contributed by atoms with E-state index in [4.69, 9.17) is 5.11 Å². The Morgan fingerprint density at radius 2 is 2.00 bits per heavy atom. The zero-order valence-electron chi connectivity index (χ0n) is 13.0. The van der Waals surface area contributed by atoms with E-state index in [1.165, 1.54) is 6.20 Å². The first-order valence-electron chi connectivity index (χ1n) is 7.43. The summed E-state index contributed by atoms with van der Waals surface area (Å²) < 4.78 is 16.2. The molecule has 0 radical (unpaired) electrons. The number of carboxylic acid groups (broad SMARTS) is 1. The van der Waals surface area contributed by atoms with Crippen LogP contribution in [0.15, 0.2) is 17.1 Å². The number of piperazine rings is 1. The molecule has 0 atom stereocenters. The predicted octanol–water partition coefficient (Wildman–Crippen LogP) is 1.09. The van der Waals surface area contributed by atoms with Crippen LogP contribution >= 0.6 is 0 Å². The lowest BCUT2D eigenvalue weighted by atomic mass is 10.0. The first kappa shape index (κ1) is 15.5. The van der Waals surface area contributed by atoms with Gasteiger partial charge in [-0.25, -0.2) is 9.18 Å². The van der Waals surface area contributed by atoms with Crippen molar-refractivity contribution in [2.75, 3.05) is 31.1 Å². The summed E-state index contributed by atoms with van der Waals surface area (Å²) in [6.45, 7) is 4.68. The highest BCUT2D eigenvalue weighted by Gasteiger charge is 2.22. The molecule has 1 aliphatic heterocycles. The van der Waals surface area contributed by atoms with Gasteiger partial charge in [-0.15, -0.1) is 0 Å². The third-order valence-electron chi connectivity index (χ3n) is 4.29. The molecule has 3 rings (SSSR count). The SMILES string of the molecule is Cc1c(N2CCNCC2)c(F)cc2c(=O)c(C(=O)O)cn(C)c12. The lowest BCUT2D eigenvalue weighted by molar-refractivity contribution is 0.0695. The van der Waals surface area contributed by atoms with Crippen molar-refractivity contribution in [3.05, 3.63) is 39.4 Å². The highest BCUT2D eigenvalue weighted by atomic mass is 19.1. The minimum absolute atomic E-state index is 0.0984. The van der Waals surface area contributed by atoms with Crippen molar-refractivity contribution < 1.29 is 14.3 Å². The molecular formula is C16H18FN3O3. The van der Waals surface area contributed by atoms with E-state index in [1.807, 2.05) is 4.90 Å². The zero-order chi connectivity index (χ0) is 16.7. The van der Waals surface area contributed by atoms with Crippen LogP contribution < -0.4 is 15.6 Å². The van der Waals surface area contributed by atoms with Gasteiger partial charge >= 0.3 is 5.97 Å². The lowest BCUT2D eigenvalue weighted by Gasteiger charge is -2.31. The number of aromatic carboxylic acids is 1. The molecule has 0 unspecified atom stereocenters. The summed E-state index contributed by atoms with van der Waals surface area (Å²) in [5.41, 5.74) is 0.693. The van der Waals surface area contributed by atoms with Crippen LogP contribution in [-0.4, -0.2) is 41.8 Å². The van der Waals surface area contributed by atoms with Crippen molar-refractivity contribution in [3.8, 4) is 0 Å². The van der Waals surface area contributed by atoms with Crippen LogP contribution in [0.5, 0.6) is 0 Å². The minimum Gasteiger partial charge on any atom is -0.477 e. The Labute approximate surface area is 132 Å². The van der Waals surface area contributed by atoms with Gasteiger partial charge in [-0.1, -0.05) is 0 Å². The number of aromatic nitrogens is 1. The van der Waals surface area contributed by atoms with E-state index in [1.54, 1.807) is 18.5 Å². The average Bonchev–Trinajstić information content (AvgIpc) is 2.51. The molecule has 0 bridgehead atoms. The van der Waals surface area contributed by atoms with Crippen molar-refractivity contribution in [2.45, 2.75) is 6.92 Å². The monoisotopic (exact) mass is 319 g/mol. The molecule has 0 amide bonds. The largest absolute Gasteiger partial charge is 0.477 e. The second-order valence-electron chi connectivity index (χ2n) is 5.75. The summed E-state index contributed by atoms with van der Waals surface area (Å²) in [4.78, 5) is 25.5. The summed E-state index contributed by atoms with van der Waals surface area (Å²) in [6.07, 6.45) is 1.29. The number of pyridine rings is 1. The third-order valence-corrected chi connectivity index (χ3v) is 4.29. The van der Waals surface area contributed by atoms with E-state index in [2.05, 4.69) is 5.32 Å². The highest BCUT2D eigenvalue weighted by Crippen LogP contribution is 2.30. The predicted molar refractivity (Wildman–Crippen MR) is 85.9 cm³/mol. The number of benzene rings is 1. The second kappa shape index (κ2) is 5.66. The summed E-state index contributed by atoms with van der Waals surface area (Å²) in [5.74, 6) is -1.80. The van der Waals surface area contributed by atoms with Crippen LogP contribution in [0.1, 0.15) is 15.9 Å². The Balaban J connectivity index is 2.31. The summed E-state index contributed by atoms with van der Waals surface area (Å²) in [7, 11) is 1.67. The number of nitrogens with one attached hydrogen (secondary N) is 1. The second-order valence-corrected chi connectivity index (χ2v) is 5.75. The quantitative estimate of drug-likeness (QED) is 0.867. The van der Waals surface area contributed by atoms with Crippen LogP contribution in [-0.2, 0) is 7.05 Å². The van der Waals surface area contributed by atoms with Gasteiger partial charge < -0.3 is 19.9 Å². The van der Waals surface area contributed by atoms with E-state index in [-0.39, 0.29) is 10.9 Å². The summed E-state index contributed by atoms with van der Waals surface area (Å²) >= 11 is 0. The van der Waals surface area contributed by atoms with Gasteiger partial charge in [-0.3, -0.25) is 4.79 Å². The molecule has 2 heterocycles. The molecule has 0 saturated carbocycles. The van der Waals surface area contributed by atoms with E-state index in [0.717, 1.165) is 19.2 Å². The highest BCUT2D eigenvalue weighted by molar-refractivity contribution is 5.95. The Hall–Kier alpha value is -2.41. The molecule has 7 heteroatoms. The van der Waals surface area contributed by atoms with Crippen molar-refractivity contribution in [1.82, 2.24) is 9.88 Å². The molecule has 0 spiro atoms. The summed E-state index contributed by atoms with van der Waals surface area (Å²) in [5, 5.41) is 12.4. The molecule has 122 valence electrons. The average molecular weight is 319 g/mol. The molecule has 1 aromatic carbocycles. The number of hydrogen-bond donors (Lipinski definition) is 2. The number of rotatable bonds is 2. The van der Waals surface area contributed by atoms with Crippen LogP contribution in [0.3, 0.4) is 0 Å². The zero-order valence-corrected chi connectivity index (χ0v) is 13.0. The standard InChI is InChI=1S/C16H18FN3O3/c1-9-13-10(15(21)11(16(22)23)8-19(13)2)7-12(17)14(9)20-5-3-18-4-6-20/h7-8,18H,3-6H2,1-2H3,(H,22,23). The Kier molecular flexibility index (Phi) is 3.81. The van der Waals surface area contributed by atoms with Crippen molar-refractivity contribution in [3.63, 3.8) is 0 Å². The first-order chi connectivity index (χ1) is 10.9. The Bertz CT molecular complexity index is 854. The number of nitrogens with zero attached hydrogens (tertiary/aromatic N) is 2. The maximum absolute atomic E-state index is 14.7. The fourth-order valence-corrected chi connectivity index (χ4v) is 3.28. The fraction of sp³-hybridized carbons (Fsp3) is 0.375. The van der Waals surface area contributed by atoms with Gasteiger partial charge in [0.15, 0.2) is 0 Å². The maximum atomic E-state index is 14.7. The van der Waals surface area contributed by atoms with Crippen molar-refractivity contribution in [1.29, 1.82) is 0 Å². The summed E-state index contributed by atoms with van der Waals surface area (Å²) in [6, 6.07) is 1.16. The smallest absolute Gasteiger partial charge is 0.341 e. The van der Waals surface area contributed by atoms with Gasteiger partial charge in [0.2, 0.25) is 5.43 Å². The fourth-order valence-electron chi connectivity index (χ4n) is 3.28. The van der Waals surface area contributed by atoms with Gasteiger partial charge in [0.1, 0.15) is 11.4 Å². The minimum atomic E-state index is -1.31. The van der Waals surface area contributed by atoms with E-state index < -0.39 is 17.2 Å². The van der Waals surface area contributed by atoms with E-state index in [0.29, 0.717) is 29.9 Å². The van der Waals surface area contributed by atoms with Crippen LogP contribution in [0.4, 0.5) is 10.1 Å². The van der Waals surface area contributed by atoms with Crippen LogP contribution in [0.2, 0.25) is 0 Å². The molecule has 23 heavy (non-hydrogen) atoms. The van der Waals surface area contributed by atoms with Gasteiger partial charge in [0.05, 0.1) is 11.2 Å². The third kappa shape index (κ3) is 2.46. The molecule has 1 fully saturated rings. The molecular weight excluding hydrogens is 301 g/mol. The normalized spacial score (nSPS) is 15.2. The lowest BCUT2D eigenvalue weighted by Crippen LogP contribution is -2.44. The Morgan fingerprint density at radius 3 is 2.61 bits per heavy atom. The number of halogens is 1. The molecule has 6 nitrogen and oxygen atoms in total. The molecule has 0 aliphatic carbocycles. The number of carboxylic acids is 1. The first-order valence-corrected chi connectivity index (χ1v) is 7.43. The number of hydrogen-bond acceptors (Lipinski definition) is 4. The van der Waals surface area contributed by atoms with Gasteiger partial charge in [0.25, 0.3) is 0 Å². The molecule has 1 aliphatic rings. The topological polar surface area (TPSA) is 74.6 Å². The van der Waals surface area contributed by atoms with E-state index >= 15 is 0 Å². The molecule has 2 aromatic rings. The number of carbonyl (C=O) groups is 1.